The predicted octanol–water partition coefficient (Wildman–Crippen LogP) is 4.37. The summed E-state index contributed by atoms with van der Waals surface area (Å²) in [6.07, 6.45) is 1.38. The van der Waals surface area contributed by atoms with Crippen molar-refractivity contribution in [3.05, 3.63) is 34.3 Å². The molecule has 0 saturated heterocycles. The summed E-state index contributed by atoms with van der Waals surface area (Å²) in [5.41, 5.74) is 0. The first-order valence-corrected chi connectivity index (χ1v) is 5.29. The van der Waals surface area contributed by atoms with Gasteiger partial charge in [-0.25, -0.2) is 0 Å². The van der Waals surface area contributed by atoms with Gasteiger partial charge in [0, 0.05) is 12.8 Å². The summed E-state index contributed by atoms with van der Waals surface area (Å²) in [7, 11) is 0. The Morgan fingerprint density at radius 2 is 1.43 bits per heavy atom. The molecule has 0 aliphatic rings. The van der Waals surface area contributed by atoms with Crippen molar-refractivity contribution >= 4 is 29.0 Å². The van der Waals surface area contributed by atoms with Gasteiger partial charge in [0.15, 0.2) is 0 Å². The van der Waals surface area contributed by atoms with Crippen LogP contribution in [0, 0.1) is 0 Å². The molecule has 0 aliphatic carbocycles. The lowest BCUT2D eigenvalue weighted by molar-refractivity contribution is -0.118. The summed E-state index contributed by atoms with van der Waals surface area (Å²) in [6, 6.07) is 7.19. The van der Waals surface area contributed by atoms with Gasteiger partial charge in [0.05, 0.1) is 10.0 Å². The number of halogens is 2. The smallest absolute Gasteiger partial charge is 0.132 e. The van der Waals surface area contributed by atoms with Gasteiger partial charge in [-0.1, -0.05) is 49.2 Å². The Balaban J connectivity index is 0.000000255. The molecule has 1 nitrogen and oxygen atoms in total. The molecule has 0 heterocycles. The molecule has 0 saturated carbocycles. The van der Waals surface area contributed by atoms with Crippen molar-refractivity contribution in [3.63, 3.8) is 0 Å². The molecule has 78 valence electrons. The van der Waals surface area contributed by atoms with Crippen LogP contribution in [0.2, 0.25) is 10.0 Å². The average molecular weight is 233 g/mol. The Hall–Kier alpha value is -0.530. The van der Waals surface area contributed by atoms with Crippen molar-refractivity contribution < 1.29 is 4.79 Å². The van der Waals surface area contributed by atoms with Crippen LogP contribution in [0.15, 0.2) is 24.3 Å². The van der Waals surface area contributed by atoms with Crippen molar-refractivity contribution in [2.45, 2.75) is 26.7 Å². The third kappa shape index (κ3) is 6.01. The molecule has 0 amide bonds. The van der Waals surface area contributed by atoms with Gasteiger partial charge in [-0.05, 0) is 12.1 Å². The van der Waals surface area contributed by atoms with Gasteiger partial charge in [0.25, 0.3) is 0 Å². The van der Waals surface area contributed by atoms with Crippen LogP contribution >= 0.6 is 23.2 Å². The molecular weight excluding hydrogens is 219 g/mol. The van der Waals surface area contributed by atoms with Crippen molar-refractivity contribution in [1.29, 1.82) is 0 Å². The van der Waals surface area contributed by atoms with Gasteiger partial charge in [-0.3, -0.25) is 4.79 Å². The van der Waals surface area contributed by atoms with Gasteiger partial charge in [-0.2, -0.15) is 0 Å². The number of carbonyl (C=O) groups excluding carboxylic acids is 1. The molecule has 0 atom stereocenters. The highest BCUT2D eigenvalue weighted by Crippen LogP contribution is 2.19. The Bertz CT molecular complexity index is 257. The lowest BCUT2D eigenvalue weighted by atomic mass is 10.3. The van der Waals surface area contributed by atoms with Crippen molar-refractivity contribution in [1.82, 2.24) is 0 Å². The number of rotatable bonds is 2. The largest absolute Gasteiger partial charge is 0.300 e. The van der Waals surface area contributed by atoms with Gasteiger partial charge in [0.2, 0.25) is 0 Å². The standard InChI is InChI=1S/C6H4Cl2.C5H10O/c7-5-3-1-2-4-6(5)8;1-3-5(6)4-2/h1-4H;3-4H2,1-2H3. The number of benzene rings is 1. The molecule has 0 aliphatic heterocycles. The maximum Gasteiger partial charge on any atom is 0.132 e. The highest BCUT2D eigenvalue weighted by atomic mass is 35.5. The van der Waals surface area contributed by atoms with E-state index in [9.17, 15) is 4.79 Å². The fourth-order valence-electron chi connectivity index (χ4n) is 0.689. The number of carbonyl (C=O) groups is 1. The predicted molar refractivity (Wildman–Crippen MR) is 62.1 cm³/mol. The third-order valence-electron chi connectivity index (χ3n) is 1.61. The Kier molecular flexibility index (Phi) is 7.54. The van der Waals surface area contributed by atoms with Crippen LogP contribution < -0.4 is 0 Å². The molecular formula is C11H14Cl2O. The van der Waals surface area contributed by atoms with E-state index in [2.05, 4.69) is 0 Å². The van der Waals surface area contributed by atoms with Crippen LogP contribution in [-0.2, 0) is 4.79 Å². The summed E-state index contributed by atoms with van der Waals surface area (Å²) in [6.45, 7) is 3.76. The molecule has 3 heteroatoms. The van der Waals surface area contributed by atoms with Crippen molar-refractivity contribution in [3.8, 4) is 0 Å². The first kappa shape index (κ1) is 13.5. The number of ketones is 1. The van der Waals surface area contributed by atoms with E-state index >= 15 is 0 Å². The van der Waals surface area contributed by atoms with E-state index < -0.39 is 0 Å². The van der Waals surface area contributed by atoms with Crippen molar-refractivity contribution in [2.24, 2.45) is 0 Å². The normalized spacial score (nSPS) is 8.86. The molecule has 0 fully saturated rings. The van der Waals surface area contributed by atoms with Crippen LogP contribution in [0.25, 0.3) is 0 Å². The lowest BCUT2D eigenvalue weighted by Crippen LogP contribution is -1.88. The number of hydrogen-bond acceptors (Lipinski definition) is 1. The molecule has 0 unspecified atom stereocenters. The number of Topliss-reactive ketones (excluding diaryl/α,β-unsaturated/α-hetero) is 1. The molecule has 0 spiro atoms. The molecule has 1 rings (SSSR count). The van der Waals surface area contributed by atoms with Crippen LogP contribution in [0.5, 0.6) is 0 Å². The molecule has 1 aromatic carbocycles. The zero-order valence-corrected chi connectivity index (χ0v) is 9.90. The van der Waals surface area contributed by atoms with Gasteiger partial charge in [0.1, 0.15) is 5.78 Å². The minimum Gasteiger partial charge on any atom is -0.300 e. The zero-order chi connectivity index (χ0) is 11.0. The molecule has 0 aromatic heterocycles. The molecule has 14 heavy (non-hydrogen) atoms. The minimum absolute atomic E-state index is 0.343. The van der Waals surface area contributed by atoms with Crippen LogP contribution in [0.1, 0.15) is 26.7 Å². The van der Waals surface area contributed by atoms with E-state index in [4.69, 9.17) is 23.2 Å². The minimum atomic E-state index is 0.343. The van der Waals surface area contributed by atoms with Gasteiger partial charge in [-0.15, -0.1) is 0 Å². The van der Waals surface area contributed by atoms with E-state index in [1.807, 2.05) is 26.0 Å². The summed E-state index contributed by atoms with van der Waals surface area (Å²) >= 11 is 11.2. The van der Waals surface area contributed by atoms with Crippen LogP contribution in [0.3, 0.4) is 0 Å². The highest BCUT2D eigenvalue weighted by Gasteiger charge is 1.89. The summed E-state index contributed by atoms with van der Waals surface area (Å²) < 4.78 is 0. The highest BCUT2D eigenvalue weighted by molar-refractivity contribution is 6.41. The first-order chi connectivity index (χ1) is 6.61. The molecule has 1 aromatic rings. The van der Waals surface area contributed by atoms with Crippen LogP contribution in [0.4, 0.5) is 0 Å². The molecule has 0 N–H and O–H groups in total. The maximum absolute atomic E-state index is 10.2. The number of hydrogen-bond donors (Lipinski definition) is 0. The molecule has 0 radical (unpaired) electrons. The fourth-order valence-corrected chi connectivity index (χ4v) is 0.961. The first-order valence-electron chi connectivity index (χ1n) is 4.53. The van der Waals surface area contributed by atoms with E-state index in [-0.39, 0.29) is 0 Å². The van der Waals surface area contributed by atoms with E-state index in [0.717, 1.165) is 0 Å². The second-order valence-corrected chi connectivity index (χ2v) is 3.47. The van der Waals surface area contributed by atoms with E-state index in [0.29, 0.717) is 28.7 Å². The quantitative estimate of drug-likeness (QED) is 0.741. The van der Waals surface area contributed by atoms with E-state index in [1.165, 1.54) is 0 Å². The summed E-state index contributed by atoms with van der Waals surface area (Å²) in [4.78, 5) is 10.2. The summed E-state index contributed by atoms with van der Waals surface area (Å²) in [5.74, 6) is 0.343. The van der Waals surface area contributed by atoms with E-state index in [1.54, 1.807) is 12.1 Å². The van der Waals surface area contributed by atoms with Crippen LogP contribution in [-0.4, -0.2) is 5.78 Å². The zero-order valence-electron chi connectivity index (χ0n) is 8.39. The molecule has 0 bridgehead atoms. The van der Waals surface area contributed by atoms with Gasteiger partial charge >= 0.3 is 0 Å². The second-order valence-electron chi connectivity index (χ2n) is 2.66. The second kappa shape index (κ2) is 7.84. The lowest BCUT2D eigenvalue weighted by Gasteiger charge is -1.88. The summed E-state index contributed by atoms with van der Waals surface area (Å²) in [5, 5.41) is 1.21. The SMILES string of the molecule is CCC(=O)CC.Clc1ccccc1Cl. The van der Waals surface area contributed by atoms with Crippen molar-refractivity contribution in [2.75, 3.05) is 0 Å². The Morgan fingerprint density at radius 3 is 1.57 bits per heavy atom. The Morgan fingerprint density at radius 1 is 1.07 bits per heavy atom. The average Bonchev–Trinajstić information content (AvgIpc) is 2.22. The third-order valence-corrected chi connectivity index (χ3v) is 2.37. The Labute approximate surface area is 95.0 Å². The topological polar surface area (TPSA) is 17.1 Å². The fraction of sp³-hybridized carbons (Fsp3) is 0.364. The monoisotopic (exact) mass is 232 g/mol. The van der Waals surface area contributed by atoms with Gasteiger partial charge < -0.3 is 0 Å². The maximum atomic E-state index is 10.2.